The van der Waals surface area contributed by atoms with Crippen LogP contribution in [0.2, 0.25) is 0 Å². The largest absolute Gasteiger partial charge is 0.376 e. The Morgan fingerprint density at radius 2 is 2.35 bits per heavy atom. The highest BCUT2D eigenvalue weighted by Gasteiger charge is 2.21. The van der Waals surface area contributed by atoms with Gasteiger partial charge in [-0.25, -0.2) is 4.98 Å². The number of imidazole rings is 1. The molecule has 0 bridgehead atoms. The average molecular weight is 316 g/mol. The molecule has 0 radical (unpaired) electrons. The fraction of sp³-hybridized carbons (Fsp3) is 0.417. The summed E-state index contributed by atoms with van der Waals surface area (Å²) in [5.74, 6) is 1.34. The van der Waals surface area contributed by atoms with Crippen LogP contribution in [0.4, 0.5) is 0 Å². The minimum Gasteiger partial charge on any atom is -0.376 e. The molecule has 0 saturated carbocycles. The third kappa shape index (κ3) is 2.09. The molecule has 3 rings (SSSR count). The van der Waals surface area contributed by atoms with Crippen LogP contribution in [0.25, 0.3) is 11.0 Å². The molecule has 1 saturated heterocycles. The Morgan fingerprint density at radius 3 is 3.00 bits per heavy atom. The zero-order chi connectivity index (χ0) is 11.8. The smallest absolute Gasteiger partial charge is 0.124 e. The first-order valence-electron chi connectivity index (χ1n) is 5.60. The molecule has 1 aliphatic heterocycles. The maximum atomic E-state index is 5.95. The highest BCUT2D eigenvalue weighted by atomic mass is 79.9. The van der Waals surface area contributed by atoms with Gasteiger partial charge in [-0.1, -0.05) is 15.9 Å². The second-order valence-electron chi connectivity index (χ2n) is 4.19. The van der Waals surface area contributed by atoms with E-state index < -0.39 is 0 Å². The normalized spacial score (nSPS) is 19.5. The van der Waals surface area contributed by atoms with Crippen LogP contribution in [0.3, 0.4) is 0 Å². The summed E-state index contributed by atoms with van der Waals surface area (Å²) in [4.78, 5) is 4.55. The number of rotatable bonds is 3. The summed E-state index contributed by atoms with van der Waals surface area (Å²) in [5.41, 5.74) is 2.11. The number of aromatic nitrogens is 2. The van der Waals surface area contributed by atoms with Crippen molar-refractivity contribution in [2.75, 3.05) is 6.61 Å². The molecule has 5 heteroatoms. The minimum atomic E-state index is 0.318. The number of nitrogens with zero attached hydrogens (tertiary/aromatic N) is 2. The molecule has 0 N–H and O–H groups in total. The van der Waals surface area contributed by atoms with Crippen molar-refractivity contribution in [3.63, 3.8) is 0 Å². The summed E-state index contributed by atoms with van der Waals surface area (Å²) in [7, 11) is 0. The van der Waals surface area contributed by atoms with E-state index in [0.717, 1.165) is 40.9 Å². The molecule has 0 aliphatic carbocycles. The van der Waals surface area contributed by atoms with Gasteiger partial charge in [-0.2, -0.15) is 0 Å². The number of hydrogen-bond acceptors (Lipinski definition) is 2. The van der Waals surface area contributed by atoms with Crippen LogP contribution in [0.15, 0.2) is 22.7 Å². The highest BCUT2D eigenvalue weighted by molar-refractivity contribution is 9.10. The van der Waals surface area contributed by atoms with Crippen molar-refractivity contribution in [2.45, 2.75) is 24.9 Å². The van der Waals surface area contributed by atoms with Crippen molar-refractivity contribution in [1.82, 2.24) is 9.55 Å². The molecule has 90 valence electrons. The summed E-state index contributed by atoms with van der Waals surface area (Å²) in [6.45, 7) is 1.72. The quantitative estimate of drug-likeness (QED) is 0.812. The van der Waals surface area contributed by atoms with Crippen molar-refractivity contribution in [3.8, 4) is 0 Å². The van der Waals surface area contributed by atoms with Gasteiger partial charge in [0, 0.05) is 11.1 Å². The summed E-state index contributed by atoms with van der Waals surface area (Å²) in [6.07, 6.45) is 1.44. The summed E-state index contributed by atoms with van der Waals surface area (Å²) >= 11 is 9.41. The van der Waals surface area contributed by atoms with E-state index in [2.05, 4.69) is 31.5 Å². The van der Waals surface area contributed by atoms with E-state index >= 15 is 0 Å². The second-order valence-corrected chi connectivity index (χ2v) is 5.37. The van der Waals surface area contributed by atoms with Gasteiger partial charge in [0.25, 0.3) is 0 Å². The molecular formula is C12H12BrClN2O. The molecule has 1 atom stereocenters. The molecule has 3 nitrogen and oxygen atoms in total. The minimum absolute atomic E-state index is 0.318. The molecule has 1 aliphatic rings. The van der Waals surface area contributed by atoms with Gasteiger partial charge in [-0.15, -0.1) is 11.6 Å². The number of benzene rings is 1. The molecule has 1 aromatic heterocycles. The van der Waals surface area contributed by atoms with E-state index in [1.807, 2.05) is 12.1 Å². The van der Waals surface area contributed by atoms with Gasteiger partial charge in [0.05, 0.1) is 29.6 Å². The Kier molecular flexibility index (Phi) is 3.11. The zero-order valence-electron chi connectivity index (χ0n) is 9.20. The number of alkyl halides is 1. The standard InChI is InChI=1S/C12H12BrClN2O/c13-8-1-2-11-10(5-8)15-12(6-14)16(11)7-9-3-4-17-9/h1-2,5,9H,3-4,6-7H2. The van der Waals surface area contributed by atoms with Gasteiger partial charge < -0.3 is 9.30 Å². The molecule has 0 spiro atoms. The van der Waals surface area contributed by atoms with Crippen LogP contribution >= 0.6 is 27.5 Å². The molecule has 1 unspecified atom stereocenters. The van der Waals surface area contributed by atoms with E-state index in [1.165, 1.54) is 0 Å². The van der Waals surface area contributed by atoms with Gasteiger partial charge in [0.2, 0.25) is 0 Å². The molecular weight excluding hydrogens is 304 g/mol. The number of ether oxygens (including phenoxy) is 1. The third-order valence-corrected chi connectivity index (χ3v) is 3.82. The zero-order valence-corrected chi connectivity index (χ0v) is 11.5. The van der Waals surface area contributed by atoms with Gasteiger partial charge in [0.15, 0.2) is 0 Å². The molecule has 2 heterocycles. The molecule has 0 amide bonds. The van der Waals surface area contributed by atoms with Crippen LogP contribution in [0.5, 0.6) is 0 Å². The lowest BCUT2D eigenvalue weighted by Gasteiger charge is -2.27. The maximum Gasteiger partial charge on any atom is 0.124 e. The predicted molar refractivity (Wildman–Crippen MR) is 71.3 cm³/mol. The number of hydrogen-bond donors (Lipinski definition) is 0. The van der Waals surface area contributed by atoms with Crippen LogP contribution in [-0.2, 0) is 17.2 Å². The molecule has 17 heavy (non-hydrogen) atoms. The Morgan fingerprint density at radius 1 is 1.53 bits per heavy atom. The highest BCUT2D eigenvalue weighted by Crippen LogP contribution is 2.24. The SMILES string of the molecule is ClCc1nc2cc(Br)ccc2n1CC1CCO1. The van der Waals surface area contributed by atoms with Crippen LogP contribution in [0, 0.1) is 0 Å². The fourth-order valence-electron chi connectivity index (χ4n) is 2.09. The summed E-state index contributed by atoms with van der Waals surface area (Å²) in [6, 6.07) is 6.12. The van der Waals surface area contributed by atoms with E-state index in [1.54, 1.807) is 0 Å². The summed E-state index contributed by atoms with van der Waals surface area (Å²) < 4.78 is 8.68. The van der Waals surface area contributed by atoms with E-state index in [0.29, 0.717) is 12.0 Å². The number of halogens is 2. The van der Waals surface area contributed by atoms with Gasteiger partial charge in [0.1, 0.15) is 5.82 Å². The lowest BCUT2D eigenvalue weighted by Crippen LogP contribution is -2.31. The molecule has 2 aromatic rings. The lowest BCUT2D eigenvalue weighted by atomic mass is 10.2. The first-order chi connectivity index (χ1) is 8.28. The Balaban J connectivity index is 2.05. The van der Waals surface area contributed by atoms with Crippen molar-refractivity contribution in [3.05, 3.63) is 28.5 Å². The van der Waals surface area contributed by atoms with Crippen LogP contribution in [-0.4, -0.2) is 22.3 Å². The predicted octanol–water partition coefficient (Wildman–Crippen LogP) is 3.33. The van der Waals surface area contributed by atoms with Gasteiger partial charge in [-0.3, -0.25) is 0 Å². The molecule has 1 fully saturated rings. The lowest BCUT2D eigenvalue weighted by molar-refractivity contribution is -0.0589. The van der Waals surface area contributed by atoms with Crippen LogP contribution < -0.4 is 0 Å². The third-order valence-electron chi connectivity index (χ3n) is 3.09. The Bertz CT molecular complexity index is 551. The van der Waals surface area contributed by atoms with Crippen molar-refractivity contribution >= 4 is 38.6 Å². The Hall–Kier alpha value is -0.580. The summed E-state index contributed by atoms with van der Waals surface area (Å²) in [5, 5.41) is 0. The van der Waals surface area contributed by atoms with E-state index in [9.17, 15) is 0 Å². The Labute approximate surface area is 113 Å². The van der Waals surface area contributed by atoms with E-state index in [-0.39, 0.29) is 0 Å². The van der Waals surface area contributed by atoms with Crippen molar-refractivity contribution < 1.29 is 4.74 Å². The average Bonchev–Trinajstić information content (AvgIpc) is 2.60. The topological polar surface area (TPSA) is 27.1 Å². The van der Waals surface area contributed by atoms with Crippen molar-refractivity contribution in [1.29, 1.82) is 0 Å². The first kappa shape index (κ1) is 11.5. The fourth-order valence-corrected chi connectivity index (χ4v) is 2.64. The molecule has 1 aromatic carbocycles. The maximum absolute atomic E-state index is 5.95. The number of fused-ring (bicyclic) bond motifs is 1. The first-order valence-corrected chi connectivity index (χ1v) is 6.93. The van der Waals surface area contributed by atoms with Crippen LogP contribution in [0.1, 0.15) is 12.2 Å². The van der Waals surface area contributed by atoms with Crippen molar-refractivity contribution in [2.24, 2.45) is 0 Å². The van der Waals surface area contributed by atoms with E-state index in [4.69, 9.17) is 16.3 Å². The second kappa shape index (κ2) is 4.59. The van der Waals surface area contributed by atoms with Gasteiger partial charge >= 0.3 is 0 Å². The van der Waals surface area contributed by atoms with Gasteiger partial charge in [-0.05, 0) is 24.6 Å². The monoisotopic (exact) mass is 314 g/mol.